The molecule has 17 nitrogen and oxygen atoms in total. The number of carboxylic acids is 2. The van der Waals surface area contributed by atoms with E-state index >= 15 is 0 Å². The Labute approximate surface area is 328 Å². The van der Waals surface area contributed by atoms with Crippen LogP contribution in [0, 0.1) is 51.1 Å². The van der Waals surface area contributed by atoms with E-state index in [2.05, 4.69) is 9.15 Å². The Morgan fingerprint density at radius 2 is 1.07 bits per heavy atom. The lowest BCUT2D eigenvalue weighted by Gasteiger charge is -2.05. The van der Waals surface area contributed by atoms with Gasteiger partial charge in [0.05, 0.1) is 55.6 Å². The van der Waals surface area contributed by atoms with E-state index in [-0.39, 0.29) is 65.2 Å². The number of carbonyl (C=O) groups excluding carboxylic acids is 1. The highest BCUT2D eigenvalue weighted by Crippen LogP contribution is 2.32. The van der Waals surface area contributed by atoms with E-state index in [1.165, 1.54) is 69.5 Å². The van der Waals surface area contributed by atoms with Crippen LogP contribution < -0.4 is 5.63 Å². The summed E-state index contributed by atoms with van der Waals surface area (Å²) < 4.78 is 9.08. The molecule has 0 bridgehead atoms. The van der Waals surface area contributed by atoms with Crippen molar-refractivity contribution < 1.29 is 48.5 Å². The Morgan fingerprint density at radius 1 is 0.636 bits per heavy atom. The summed E-state index contributed by atoms with van der Waals surface area (Å²) >= 11 is 22.5. The molecule has 0 unspecified atom stereocenters. The number of aryl methyl sites for hydroxylation is 1. The molecule has 1 aromatic heterocycles. The van der Waals surface area contributed by atoms with Crippen molar-refractivity contribution >= 4 is 92.1 Å². The summed E-state index contributed by atoms with van der Waals surface area (Å²) in [6.45, 7) is 4.53. The second kappa shape index (κ2) is 19.8. The van der Waals surface area contributed by atoms with Crippen molar-refractivity contribution in [1.29, 1.82) is 0 Å². The van der Waals surface area contributed by atoms with Crippen LogP contribution in [0.25, 0.3) is 10.8 Å². The fourth-order valence-electron chi connectivity index (χ4n) is 4.55. The lowest BCUT2D eigenvalue weighted by molar-refractivity contribution is -0.385. The molecule has 0 aliphatic carbocycles. The van der Waals surface area contributed by atoms with E-state index in [1.807, 2.05) is 0 Å². The van der Waals surface area contributed by atoms with Crippen LogP contribution in [0.15, 0.2) is 76.1 Å². The summed E-state index contributed by atoms with van der Waals surface area (Å²) in [6, 6.07) is 13.9. The maximum absolute atomic E-state index is 11.2. The molecule has 0 spiro atoms. The predicted octanol–water partition coefficient (Wildman–Crippen LogP) is 9.30. The van der Waals surface area contributed by atoms with Crippen molar-refractivity contribution in [2.45, 2.75) is 20.8 Å². The lowest BCUT2D eigenvalue weighted by Crippen LogP contribution is -2.06. The maximum Gasteiger partial charge on any atom is 0.343 e. The number of nitrogens with zero attached hydrogens (tertiary/aromatic N) is 3. The molecule has 0 saturated carbocycles. The van der Waals surface area contributed by atoms with Crippen molar-refractivity contribution in [3.8, 4) is 0 Å². The number of ether oxygens (including phenoxy) is 1. The number of rotatable bonds is 6. The topological polar surface area (TPSA) is 261 Å². The Morgan fingerprint density at radius 3 is 1.53 bits per heavy atom. The molecule has 2 N–H and O–H groups in total. The number of hydrogen-bond acceptors (Lipinski definition) is 12. The summed E-state index contributed by atoms with van der Waals surface area (Å²) in [5, 5.41) is 50.1. The largest absolute Gasteiger partial charge is 0.478 e. The van der Waals surface area contributed by atoms with Crippen molar-refractivity contribution in [2.75, 3.05) is 7.11 Å². The molecule has 288 valence electrons. The molecule has 0 radical (unpaired) electrons. The summed E-state index contributed by atoms with van der Waals surface area (Å²) in [6.07, 6.45) is 1.11. The second-order valence-electron chi connectivity index (χ2n) is 10.5. The third kappa shape index (κ3) is 11.4. The smallest absolute Gasteiger partial charge is 0.343 e. The van der Waals surface area contributed by atoms with Crippen LogP contribution in [0.2, 0.25) is 20.1 Å². The van der Waals surface area contributed by atoms with Crippen LogP contribution in [0.1, 0.15) is 47.8 Å². The van der Waals surface area contributed by atoms with Crippen LogP contribution in [-0.4, -0.2) is 50.0 Å². The Kier molecular flexibility index (Phi) is 16.2. The number of esters is 1. The molecule has 0 aliphatic heterocycles. The number of hydrogen-bond donors (Lipinski definition) is 2. The fraction of sp³-hybridized carbons (Fsp3) is 0.118. The molecular weight excluding hydrogens is 816 g/mol. The molecule has 0 aliphatic rings. The number of halogens is 4. The Bertz CT molecular complexity index is 2400. The van der Waals surface area contributed by atoms with E-state index in [4.69, 9.17) is 56.6 Å². The van der Waals surface area contributed by atoms with E-state index in [0.29, 0.717) is 16.1 Å². The minimum atomic E-state index is -1.21. The van der Waals surface area contributed by atoms with E-state index in [9.17, 15) is 49.5 Å². The first kappa shape index (κ1) is 45.0. The monoisotopic (exact) mass is 839 g/mol. The summed E-state index contributed by atoms with van der Waals surface area (Å²) in [5.74, 6) is -2.74. The highest BCUT2D eigenvalue weighted by atomic mass is 35.5. The first-order valence-electron chi connectivity index (χ1n) is 14.7. The molecule has 1 heterocycles. The van der Waals surface area contributed by atoms with Gasteiger partial charge in [0.25, 0.3) is 17.1 Å². The van der Waals surface area contributed by atoms with Gasteiger partial charge in [-0.05, 0) is 87.0 Å². The van der Waals surface area contributed by atoms with Crippen LogP contribution >= 0.6 is 46.4 Å². The maximum atomic E-state index is 11.2. The number of aromatic carboxylic acids is 2. The molecule has 4 aromatic carbocycles. The zero-order valence-corrected chi connectivity index (χ0v) is 31.5. The number of nitro groups is 3. The Balaban J connectivity index is 0.000000255. The third-order valence-corrected chi connectivity index (χ3v) is 8.31. The van der Waals surface area contributed by atoms with Gasteiger partial charge in [-0.25, -0.2) is 19.2 Å². The second-order valence-corrected chi connectivity index (χ2v) is 12.2. The van der Waals surface area contributed by atoms with Gasteiger partial charge >= 0.3 is 23.5 Å². The van der Waals surface area contributed by atoms with Gasteiger partial charge in [-0.1, -0.05) is 46.4 Å². The first-order chi connectivity index (χ1) is 25.7. The van der Waals surface area contributed by atoms with Gasteiger partial charge in [0.15, 0.2) is 0 Å². The van der Waals surface area contributed by atoms with Gasteiger partial charge in [-0.15, -0.1) is 0 Å². The standard InChI is InChI=1S/C9H4ClNO4.C9H8ClNO4.C8H6ClNO4.C8H7ClO2/c10-7-2-1-6-5(8(7)11(13)14)3-4-15-9(6)12;1-5-6(9(12)15-2)3-4-7(10)8(5)11(13)14;1-4-5(8(11)12)2-3-6(9)7(4)10(13)14;1-5-4-6(9)2-3-7(5)8(10)11/h1-4H;3-4H,1-2H3;2-3H,1H3,(H,11,12);2-4H,1H3,(H,10,11). The van der Waals surface area contributed by atoms with Gasteiger partial charge in [-0.3, -0.25) is 30.3 Å². The summed E-state index contributed by atoms with van der Waals surface area (Å²) in [7, 11) is 1.21. The van der Waals surface area contributed by atoms with Gasteiger partial charge < -0.3 is 19.4 Å². The minimum Gasteiger partial charge on any atom is -0.478 e. The van der Waals surface area contributed by atoms with E-state index in [1.54, 1.807) is 19.1 Å². The zero-order valence-electron chi connectivity index (χ0n) is 28.5. The number of benzene rings is 4. The van der Waals surface area contributed by atoms with Gasteiger partial charge in [0.1, 0.15) is 15.1 Å². The third-order valence-electron chi connectivity index (χ3n) is 7.16. The molecule has 0 fully saturated rings. The Hall–Kier alpha value is -6.14. The summed E-state index contributed by atoms with van der Waals surface area (Å²) in [5.41, 5.74) is -0.219. The fourth-order valence-corrected chi connectivity index (χ4v) is 5.56. The normalized spacial score (nSPS) is 9.96. The van der Waals surface area contributed by atoms with Crippen LogP contribution in [0.4, 0.5) is 17.1 Å². The molecule has 55 heavy (non-hydrogen) atoms. The highest BCUT2D eigenvalue weighted by molar-refractivity contribution is 6.34. The number of carbonyl (C=O) groups is 3. The SMILES string of the molecule is COC(=O)c1ccc(Cl)c([N+](=O)[O-])c1C.Cc1c(C(=O)O)ccc(Cl)c1[N+](=O)[O-].Cc1cc(Cl)ccc1C(=O)O.O=c1occc2c([N+](=O)[O-])c(Cl)ccc12. The molecule has 5 rings (SSSR count). The molecule has 0 saturated heterocycles. The van der Waals surface area contributed by atoms with Crippen molar-refractivity contribution in [2.24, 2.45) is 0 Å². The van der Waals surface area contributed by atoms with E-state index in [0.717, 1.165) is 6.26 Å². The quantitative estimate of drug-likeness (QED) is 0.0917. The molecular formula is C34H25Cl4N3O14. The number of nitro benzene ring substituents is 3. The minimum absolute atomic E-state index is 0.00176. The summed E-state index contributed by atoms with van der Waals surface area (Å²) in [4.78, 5) is 73.6. The average molecular weight is 841 g/mol. The van der Waals surface area contributed by atoms with Gasteiger partial charge in [0.2, 0.25) is 0 Å². The van der Waals surface area contributed by atoms with E-state index < -0.39 is 38.3 Å². The average Bonchev–Trinajstić information content (AvgIpc) is 3.08. The molecule has 0 amide bonds. The lowest BCUT2D eigenvalue weighted by atomic mass is 10.1. The molecule has 21 heteroatoms. The number of carboxylic acid groups (broad SMARTS) is 2. The molecule has 0 atom stereocenters. The zero-order chi connectivity index (χ0) is 41.9. The van der Waals surface area contributed by atoms with Gasteiger partial charge in [0, 0.05) is 16.1 Å². The predicted molar refractivity (Wildman–Crippen MR) is 201 cm³/mol. The van der Waals surface area contributed by atoms with Crippen molar-refractivity contribution in [1.82, 2.24) is 0 Å². The van der Waals surface area contributed by atoms with Crippen LogP contribution in [0.3, 0.4) is 0 Å². The van der Waals surface area contributed by atoms with Gasteiger partial charge in [-0.2, -0.15) is 0 Å². The number of fused-ring (bicyclic) bond motifs is 1. The first-order valence-corrected chi connectivity index (χ1v) is 16.2. The molecule has 5 aromatic rings. The van der Waals surface area contributed by atoms with Crippen molar-refractivity contribution in [3.05, 3.63) is 161 Å². The highest BCUT2D eigenvalue weighted by Gasteiger charge is 2.23. The number of methoxy groups -OCH3 is 1. The van der Waals surface area contributed by atoms with Crippen LogP contribution in [0.5, 0.6) is 0 Å². The van der Waals surface area contributed by atoms with Crippen LogP contribution in [-0.2, 0) is 4.74 Å². The van der Waals surface area contributed by atoms with Crippen molar-refractivity contribution in [3.63, 3.8) is 0 Å².